The van der Waals surface area contributed by atoms with E-state index in [0.29, 0.717) is 5.82 Å². The SMILES string of the molecule is Cn1c(CO)nnc1CC1CCCCCC1. The van der Waals surface area contributed by atoms with E-state index in [4.69, 9.17) is 5.11 Å². The largest absolute Gasteiger partial charge is 0.388 e. The van der Waals surface area contributed by atoms with Crippen LogP contribution >= 0.6 is 0 Å². The molecule has 0 aliphatic heterocycles. The molecule has 1 N–H and O–H groups in total. The molecule has 1 saturated carbocycles. The Labute approximate surface area is 96.7 Å². The van der Waals surface area contributed by atoms with Crippen LogP contribution in [0.15, 0.2) is 0 Å². The van der Waals surface area contributed by atoms with Gasteiger partial charge in [-0.15, -0.1) is 10.2 Å². The van der Waals surface area contributed by atoms with Gasteiger partial charge in [-0.25, -0.2) is 0 Å². The minimum Gasteiger partial charge on any atom is -0.388 e. The van der Waals surface area contributed by atoms with Gasteiger partial charge in [-0.1, -0.05) is 38.5 Å². The van der Waals surface area contributed by atoms with E-state index in [2.05, 4.69) is 10.2 Å². The molecule has 1 aliphatic rings. The van der Waals surface area contributed by atoms with Gasteiger partial charge in [0.1, 0.15) is 12.4 Å². The van der Waals surface area contributed by atoms with Crippen molar-refractivity contribution < 1.29 is 5.11 Å². The van der Waals surface area contributed by atoms with E-state index in [0.717, 1.165) is 18.2 Å². The molecule has 1 aliphatic carbocycles. The molecular weight excluding hydrogens is 202 g/mol. The molecule has 4 nitrogen and oxygen atoms in total. The zero-order valence-corrected chi connectivity index (χ0v) is 10.0. The first-order valence-corrected chi connectivity index (χ1v) is 6.29. The Hall–Kier alpha value is -0.900. The van der Waals surface area contributed by atoms with Gasteiger partial charge in [0.2, 0.25) is 0 Å². The monoisotopic (exact) mass is 223 g/mol. The average Bonchev–Trinajstić information content (AvgIpc) is 2.52. The maximum atomic E-state index is 9.06. The first kappa shape index (κ1) is 11.6. The van der Waals surface area contributed by atoms with Crippen molar-refractivity contribution in [1.82, 2.24) is 14.8 Å². The third kappa shape index (κ3) is 2.61. The lowest BCUT2D eigenvalue weighted by atomic mass is 9.96. The summed E-state index contributed by atoms with van der Waals surface area (Å²) in [6, 6.07) is 0. The van der Waals surface area contributed by atoms with Crippen LogP contribution in [0.3, 0.4) is 0 Å². The Morgan fingerprint density at radius 3 is 2.31 bits per heavy atom. The topological polar surface area (TPSA) is 50.9 Å². The van der Waals surface area contributed by atoms with Crippen molar-refractivity contribution in [2.75, 3.05) is 0 Å². The minimum absolute atomic E-state index is 0.0197. The number of aliphatic hydroxyl groups is 1. The zero-order valence-electron chi connectivity index (χ0n) is 10.0. The van der Waals surface area contributed by atoms with Crippen molar-refractivity contribution in [3.63, 3.8) is 0 Å². The molecule has 16 heavy (non-hydrogen) atoms. The van der Waals surface area contributed by atoms with Gasteiger partial charge in [0, 0.05) is 13.5 Å². The van der Waals surface area contributed by atoms with E-state index in [9.17, 15) is 0 Å². The third-order valence-electron chi connectivity index (χ3n) is 3.64. The standard InChI is InChI=1S/C12H21N3O/c1-15-11(13-14-12(15)9-16)8-10-6-4-2-3-5-7-10/h10,16H,2-9H2,1H3. The second-order valence-corrected chi connectivity index (χ2v) is 4.81. The molecule has 1 aromatic rings. The molecular formula is C12H21N3O. The molecule has 0 spiro atoms. The van der Waals surface area contributed by atoms with Crippen molar-refractivity contribution in [2.45, 2.75) is 51.6 Å². The van der Waals surface area contributed by atoms with E-state index in [1.807, 2.05) is 11.6 Å². The normalized spacial score (nSPS) is 18.6. The second-order valence-electron chi connectivity index (χ2n) is 4.81. The predicted molar refractivity (Wildman–Crippen MR) is 61.8 cm³/mol. The van der Waals surface area contributed by atoms with Gasteiger partial charge < -0.3 is 9.67 Å². The highest BCUT2D eigenvalue weighted by Crippen LogP contribution is 2.25. The van der Waals surface area contributed by atoms with Crippen LogP contribution in [-0.4, -0.2) is 19.9 Å². The molecule has 0 amide bonds. The van der Waals surface area contributed by atoms with Gasteiger partial charge in [-0.05, 0) is 5.92 Å². The first-order valence-electron chi connectivity index (χ1n) is 6.29. The number of hydrogen-bond acceptors (Lipinski definition) is 3. The Balaban J connectivity index is 1.99. The smallest absolute Gasteiger partial charge is 0.158 e. The summed E-state index contributed by atoms with van der Waals surface area (Å²) in [7, 11) is 1.94. The van der Waals surface area contributed by atoms with E-state index >= 15 is 0 Å². The maximum absolute atomic E-state index is 9.06. The van der Waals surface area contributed by atoms with Gasteiger partial charge in [-0.3, -0.25) is 0 Å². The molecule has 4 heteroatoms. The molecule has 0 unspecified atom stereocenters. The zero-order chi connectivity index (χ0) is 11.4. The number of aliphatic hydroxyl groups excluding tert-OH is 1. The molecule has 90 valence electrons. The Morgan fingerprint density at radius 2 is 1.75 bits per heavy atom. The van der Waals surface area contributed by atoms with E-state index in [-0.39, 0.29) is 6.61 Å². The van der Waals surface area contributed by atoms with Crippen LogP contribution in [0.1, 0.15) is 50.2 Å². The first-order chi connectivity index (χ1) is 7.81. The second kappa shape index (κ2) is 5.43. The van der Waals surface area contributed by atoms with Crippen LogP contribution in [0.25, 0.3) is 0 Å². The summed E-state index contributed by atoms with van der Waals surface area (Å²) < 4.78 is 1.94. The van der Waals surface area contributed by atoms with Gasteiger partial charge in [0.05, 0.1) is 0 Å². The molecule has 0 saturated heterocycles. The molecule has 0 aromatic carbocycles. The highest BCUT2D eigenvalue weighted by Gasteiger charge is 2.16. The van der Waals surface area contributed by atoms with E-state index in [1.54, 1.807) is 0 Å². The van der Waals surface area contributed by atoms with Crippen LogP contribution in [0, 0.1) is 5.92 Å². The number of nitrogens with zero attached hydrogens (tertiary/aromatic N) is 3. The Bertz CT molecular complexity index is 327. The average molecular weight is 223 g/mol. The maximum Gasteiger partial charge on any atom is 0.158 e. The molecule has 0 radical (unpaired) electrons. The summed E-state index contributed by atoms with van der Waals surface area (Å²) in [5, 5.41) is 17.2. The van der Waals surface area contributed by atoms with E-state index in [1.165, 1.54) is 38.5 Å². The van der Waals surface area contributed by atoms with Gasteiger partial charge in [-0.2, -0.15) is 0 Å². The molecule has 1 aromatic heterocycles. The fourth-order valence-corrected chi connectivity index (χ4v) is 2.54. The van der Waals surface area contributed by atoms with Crippen molar-refractivity contribution in [2.24, 2.45) is 13.0 Å². The number of aromatic nitrogens is 3. The van der Waals surface area contributed by atoms with Crippen molar-refractivity contribution in [1.29, 1.82) is 0 Å². The summed E-state index contributed by atoms with van der Waals surface area (Å²) in [6.45, 7) is -0.0197. The molecule has 2 rings (SSSR count). The lowest BCUT2D eigenvalue weighted by Gasteiger charge is -2.12. The van der Waals surface area contributed by atoms with E-state index < -0.39 is 0 Å². The molecule has 0 bridgehead atoms. The quantitative estimate of drug-likeness (QED) is 0.795. The summed E-state index contributed by atoms with van der Waals surface area (Å²) in [4.78, 5) is 0. The highest BCUT2D eigenvalue weighted by atomic mass is 16.3. The van der Waals surface area contributed by atoms with Gasteiger partial charge in [0.15, 0.2) is 5.82 Å². The summed E-state index contributed by atoms with van der Waals surface area (Å²) in [5.74, 6) is 2.46. The lowest BCUT2D eigenvalue weighted by molar-refractivity contribution is 0.266. The number of rotatable bonds is 3. The number of hydrogen-bond donors (Lipinski definition) is 1. The van der Waals surface area contributed by atoms with Crippen molar-refractivity contribution in [3.05, 3.63) is 11.6 Å². The third-order valence-corrected chi connectivity index (χ3v) is 3.64. The van der Waals surface area contributed by atoms with Gasteiger partial charge >= 0.3 is 0 Å². The van der Waals surface area contributed by atoms with Crippen molar-refractivity contribution >= 4 is 0 Å². The van der Waals surface area contributed by atoms with Crippen LogP contribution in [0.2, 0.25) is 0 Å². The van der Waals surface area contributed by atoms with Gasteiger partial charge in [0.25, 0.3) is 0 Å². The predicted octanol–water partition coefficient (Wildman–Crippen LogP) is 1.82. The van der Waals surface area contributed by atoms with Crippen molar-refractivity contribution in [3.8, 4) is 0 Å². The molecule has 1 fully saturated rings. The summed E-state index contributed by atoms with van der Waals surface area (Å²) in [6.07, 6.45) is 9.14. The summed E-state index contributed by atoms with van der Waals surface area (Å²) in [5.41, 5.74) is 0. The Kier molecular flexibility index (Phi) is 3.93. The van der Waals surface area contributed by atoms with Crippen LogP contribution in [-0.2, 0) is 20.1 Å². The minimum atomic E-state index is -0.0197. The lowest BCUT2D eigenvalue weighted by Crippen LogP contribution is -2.09. The highest BCUT2D eigenvalue weighted by molar-refractivity contribution is 4.95. The van der Waals surface area contributed by atoms with Crippen LogP contribution in [0.4, 0.5) is 0 Å². The molecule has 0 atom stereocenters. The Morgan fingerprint density at radius 1 is 1.12 bits per heavy atom. The fourth-order valence-electron chi connectivity index (χ4n) is 2.54. The van der Waals surface area contributed by atoms with Crippen LogP contribution in [0.5, 0.6) is 0 Å². The molecule has 1 heterocycles. The fraction of sp³-hybridized carbons (Fsp3) is 0.833. The summed E-state index contributed by atoms with van der Waals surface area (Å²) >= 11 is 0. The van der Waals surface area contributed by atoms with Crippen LogP contribution < -0.4 is 0 Å².